The molecule has 2 atom stereocenters. The number of carbonyl (C=O) groups is 4. The Balaban J connectivity index is 2.05. The Morgan fingerprint density at radius 1 is 1.00 bits per heavy atom. The van der Waals surface area contributed by atoms with Gasteiger partial charge in [-0.05, 0) is 30.4 Å². The predicted octanol–water partition coefficient (Wildman–Crippen LogP) is 2.32. The van der Waals surface area contributed by atoms with E-state index in [1.165, 1.54) is 19.2 Å². The van der Waals surface area contributed by atoms with Gasteiger partial charge in [0.15, 0.2) is 11.6 Å². The second-order valence-corrected chi connectivity index (χ2v) is 10.1. The summed E-state index contributed by atoms with van der Waals surface area (Å²) >= 11 is 0. The minimum Gasteiger partial charge on any atom is -0.493 e. The molecule has 0 fully saturated rings. The van der Waals surface area contributed by atoms with Gasteiger partial charge in [-0.3, -0.25) is 14.4 Å². The van der Waals surface area contributed by atoms with E-state index in [4.69, 9.17) is 4.74 Å². The van der Waals surface area contributed by atoms with E-state index in [0.717, 1.165) is 5.56 Å². The molecule has 9 nitrogen and oxygen atoms in total. The second kappa shape index (κ2) is 14.3. The highest BCUT2D eigenvalue weighted by Gasteiger charge is 2.38. The maximum absolute atomic E-state index is 13.9. The highest BCUT2D eigenvalue weighted by Crippen LogP contribution is 2.22. The molecule has 4 N–H and O–H groups in total. The number of para-hydroxylation sites is 1. The lowest BCUT2D eigenvalue weighted by molar-refractivity contribution is -0.140. The first kappa shape index (κ1) is 30.5. The molecule has 4 amide bonds. The molecule has 0 aliphatic heterocycles. The summed E-state index contributed by atoms with van der Waals surface area (Å²) in [6.45, 7) is 5.51. The van der Waals surface area contributed by atoms with Crippen LogP contribution in [0.5, 0.6) is 5.75 Å². The Kier molecular flexibility index (Phi) is 11.4. The second-order valence-electron chi connectivity index (χ2n) is 9.21. The number of urea groups is 1. The summed E-state index contributed by atoms with van der Waals surface area (Å²) in [5, 5.41) is 8.84. The van der Waals surface area contributed by atoms with Crippen molar-refractivity contribution in [1.82, 2.24) is 21.3 Å². The average Bonchev–Trinajstić information content (AvgIpc) is 2.88. The zero-order chi connectivity index (χ0) is 28.3. The van der Waals surface area contributed by atoms with Crippen LogP contribution in [-0.4, -0.2) is 52.2 Å². The monoisotopic (exact) mass is 541 g/mol. The van der Waals surface area contributed by atoms with E-state index in [9.17, 15) is 23.6 Å². The SMILES string of the molecule is CCC(NC(=O)[C@@]([Si])(CC(C)C)NC(=O)NCc1ccccc1)C(=O)C(=O)NCc1cccc(F)c1OC. The van der Waals surface area contributed by atoms with E-state index in [-0.39, 0.29) is 37.6 Å². The van der Waals surface area contributed by atoms with Crippen LogP contribution in [0.3, 0.4) is 0 Å². The van der Waals surface area contributed by atoms with Crippen molar-refractivity contribution in [2.24, 2.45) is 5.92 Å². The van der Waals surface area contributed by atoms with E-state index in [1.54, 1.807) is 13.0 Å². The van der Waals surface area contributed by atoms with Gasteiger partial charge in [-0.1, -0.05) is 63.2 Å². The van der Waals surface area contributed by atoms with Gasteiger partial charge in [0.1, 0.15) is 5.16 Å². The average molecular weight is 542 g/mol. The predicted molar refractivity (Wildman–Crippen MR) is 142 cm³/mol. The fraction of sp³-hybridized carbons (Fsp3) is 0.407. The first-order valence-corrected chi connectivity index (χ1v) is 12.8. The number of ketones is 1. The van der Waals surface area contributed by atoms with Crippen molar-refractivity contribution in [3.8, 4) is 5.75 Å². The molecule has 0 saturated carbocycles. The number of amides is 4. The van der Waals surface area contributed by atoms with Gasteiger partial charge < -0.3 is 26.0 Å². The minimum absolute atomic E-state index is 0.00648. The third kappa shape index (κ3) is 8.68. The fourth-order valence-electron chi connectivity index (χ4n) is 3.81. The van der Waals surface area contributed by atoms with Crippen molar-refractivity contribution in [2.75, 3.05) is 7.11 Å². The topological polar surface area (TPSA) is 126 Å². The third-order valence-electron chi connectivity index (χ3n) is 5.67. The number of hydrogen-bond donors (Lipinski definition) is 4. The number of hydrogen-bond acceptors (Lipinski definition) is 5. The maximum atomic E-state index is 13.9. The van der Waals surface area contributed by atoms with E-state index in [1.807, 2.05) is 44.2 Å². The van der Waals surface area contributed by atoms with Gasteiger partial charge in [-0.15, -0.1) is 0 Å². The summed E-state index contributed by atoms with van der Waals surface area (Å²) in [4.78, 5) is 51.3. The van der Waals surface area contributed by atoms with E-state index in [0.29, 0.717) is 5.56 Å². The van der Waals surface area contributed by atoms with Crippen LogP contribution >= 0.6 is 0 Å². The van der Waals surface area contributed by atoms with E-state index >= 15 is 0 Å². The molecule has 2 aromatic carbocycles. The number of carbonyl (C=O) groups excluding carboxylic acids is 4. The Hall–Kier alpha value is -3.73. The molecule has 2 rings (SSSR count). The molecule has 0 heterocycles. The molecule has 3 radical (unpaired) electrons. The molecule has 11 heteroatoms. The van der Waals surface area contributed by atoms with Crippen molar-refractivity contribution in [1.29, 1.82) is 0 Å². The normalized spacial score (nSPS) is 13.1. The van der Waals surface area contributed by atoms with Gasteiger partial charge in [-0.2, -0.15) is 0 Å². The minimum atomic E-state index is -1.53. The maximum Gasteiger partial charge on any atom is 0.315 e. The van der Waals surface area contributed by atoms with Crippen LogP contribution in [0.15, 0.2) is 48.5 Å². The highest BCUT2D eigenvalue weighted by atomic mass is 28.1. The molecule has 1 unspecified atom stereocenters. The standard InChI is InChI=1S/C27H34FN4O5Si/c1-5-21(22(33)24(34)29-16-19-12-9-13-20(28)23(19)37-4)31-25(35)27(38,14-17(2)3)32-26(36)30-15-18-10-7-6-8-11-18/h6-13,17,21H,5,14-16H2,1-4H3,(H,29,34)(H,31,35)(H2,30,32,36)/t21?,27-/m0/s1. The summed E-state index contributed by atoms with van der Waals surface area (Å²) in [6, 6.07) is 11.8. The number of nitrogens with one attached hydrogen (secondary N) is 4. The lowest BCUT2D eigenvalue weighted by Crippen LogP contribution is -2.64. The number of methoxy groups -OCH3 is 1. The van der Waals surface area contributed by atoms with Crippen LogP contribution in [0.25, 0.3) is 0 Å². The van der Waals surface area contributed by atoms with Crippen LogP contribution < -0.4 is 26.0 Å². The molecule has 203 valence electrons. The Bertz CT molecular complexity index is 1130. The lowest BCUT2D eigenvalue weighted by atomic mass is 10.0. The zero-order valence-corrected chi connectivity index (χ0v) is 23.0. The van der Waals surface area contributed by atoms with Gasteiger partial charge in [0, 0.05) is 18.7 Å². The molecular weight excluding hydrogens is 507 g/mol. The number of halogens is 1. The van der Waals surface area contributed by atoms with Crippen molar-refractivity contribution in [2.45, 2.75) is 57.9 Å². The number of rotatable bonds is 13. The van der Waals surface area contributed by atoms with Gasteiger partial charge in [0.2, 0.25) is 11.7 Å². The molecular formula is C27H34FN4O5Si. The van der Waals surface area contributed by atoms with Crippen LogP contribution in [-0.2, 0) is 27.5 Å². The number of benzene rings is 2. The molecule has 0 spiro atoms. The molecule has 0 aliphatic carbocycles. The molecule has 2 aromatic rings. The summed E-state index contributed by atoms with van der Waals surface area (Å²) in [5.41, 5.74) is 1.24. The first-order valence-electron chi connectivity index (χ1n) is 12.3. The smallest absolute Gasteiger partial charge is 0.315 e. The van der Waals surface area contributed by atoms with E-state index < -0.39 is 40.6 Å². The van der Waals surface area contributed by atoms with Gasteiger partial charge >= 0.3 is 6.03 Å². The summed E-state index contributed by atoms with van der Waals surface area (Å²) in [7, 11) is 4.73. The van der Waals surface area contributed by atoms with Crippen LogP contribution in [0.1, 0.15) is 44.7 Å². The van der Waals surface area contributed by atoms with Crippen molar-refractivity contribution < 1.29 is 28.3 Å². The number of ether oxygens (including phenoxy) is 1. The van der Waals surface area contributed by atoms with Crippen LogP contribution in [0.2, 0.25) is 0 Å². The van der Waals surface area contributed by atoms with Gasteiger partial charge in [0.25, 0.3) is 5.91 Å². The quantitative estimate of drug-likeness (QED) is 0.229. The lowest BCUT2D eigenvalue weighted by Gasteiger charge is -2.32. The van der Waals surface area contributed by atoms with Crippen LogP contribution in [0.4, 0.5) is 9.18 Å². The summed E-state index contributed by atoms with van der Waals surface area (Å²) < 4.78 is 18.9. The number of Topliss-reactive ketones (excluding diaryl/α,β-unsaturated/α-hetero) is 1. The van der Waals surface area contributed by atoms with Crippen molar-refractivity contribution >= 4 is 33.9 Å². The van der Waals surface area contributed by atoms with E-state index in [2.05, 4.69) is 31.5 Å². The van der Waals surface area contributed by atoms with Crippen molar-refractivity contribution in [3.63, 3.8) is 0 Å². The summed E-state index contributed by atoms with van der Waals surface area (Å²) in [5.74, 6) is -3.12. The Labute approximate surface area is 225 Å². The van der Waals surface area contributed by atoms with Gasteiger partial charge in [-0.25, -0.2) is 9.18 Å². The molecule has 0 bridgehead atoms. The Morgan fingerprint density at radius 3 is 2.29 bits per heavy atom. The third-order valence-corrected chi connectivity index (χ3v) is 6.23. The molecule has 38 heavy (non-hydrogen) atoms. The molecule has 0 aromatic heterocycles. The molecule has 0 saturated heterocycles. The first-order chi connectivity index (χ1) is 18.0. The van der Waals surface area contributed by atoms with Crippen LogP contribution in [0, 0.1) is 11.7 Å². The highest BCUT2D eigenvalue weighted by molar-refractivity contribution is 6.39. The summed E-state index contributed by atoms with van der Waals surface area (Å²) in [6.07, 6.45) is 0.343. The molecule has 0 aliphatic rings. The van der Waals surface area contributed by atoms with Gasteiger partial charge in [0.05, 0.1) is 23.4 Å². The van der Waals surface area contributed by atoms with Crippen molar-refractivity contribution in [3.05, 3.63) is 65.5 Å². The fourth-order valence-corrected chi connectivity index (χ4v) is 4.40. The zero-order valence-electron chi connectivity index (χ0n) is 22.0. The Morgan fingerprint density at radius 2 is 1.68 bits per heavy atom. The largest absolute Gasteiger partial charge is 0.493 e.